The maximum absolute atomic E-state index is 13.2. The quantitative estimate of drug-likeness (QED) is 0.455. The van der Waals surface area contributed by atoms with Crippen molar-refractivity contribution in [2.75, 3.05) is 43.5 Å². The summed E-state index contributed by atoms with van der Waals surface area (Å²) in [4.78, 5) is 34.3. The molecule has 1 aromatic heterocycles. The molecule has 2 aromatic carbocycles. The van der Waals surface area contributed by atoms with E-state index in [1.54, 1.807) is 13.2 Å². The molecule has 0 spiro atoms. The monoisotopic (exact) mass is 502 g/mol. The fourth-order valence-electron chi connectivity index (χ4n) is 5.15. The van der Waals surface area contributed by atoms with Gasteiger partial charge in [0, 0.05) is 55.4 Å². The van der Waals surface area contributed by atoms with Crippen LogP contribution in [0.5, 0.6) is 5.75 Å². The Hall–Kier alpha value is -3.61. The number of fused-ring (bicyclic) bond motifs is 1. The zero-order valence-electron chi connectivity index (χ0n) is 22.6. The smallest absolute Gasteiger partial charge is 0.272 e. The zero-order valence-corrected chi connectivity index (χ0v) is 22.6. The molecule has 1 aliphatic heterocycles. The molecule has 1 aliphatic rings. The predicted molar refractivity (Wildman–Crippen MR) is 149 cm³/mol. The Bertz CT molecular complexity index is 1240. The van der Waals surface area contributed by atoms with Gasteiger partial charge in [-0.05, 0) is 54.2 Å². The van der Waals surface area contributed by atoms with Crippen LogP contribution < -0.4 is 15.0 Å². The van der Waals surface area contributed by atoms with E-state index in [1.807, 2.05) is 53.4 Å². The number of aromatic nitrogens is 1. The van der Waals surface area contributed by atoms with Crippen molar-refractivity contribution in [3.8, 4) is 5.75 Å². The first-order valence-electron chi connectivity index (χ1n) is 13.0. The normalized spacial score (nSPS) is 14.9. The highest BCUT2D eigenvalue weighted by Gasteiger charge is 2.24. The Morgan fingerprint density at radius 1 is 1.03 bits per heavy atom. The predicted octanol–water partition coefficient (Wildman–Crippen LogP) is 5.61. The van der Waals surface area contributed by atoms with Gasteiger partial charge in [0.25, 0.3) is 5.91 Å². The summed E-state index contributed by atoms with van der Waals surface area (Å²) in [6, 6.07) is 17.4. The fourth-order valence-corrected chi connectivity index (χ4v) is 5.15. The van der Waals surface area contributed by atoms with Crippen LogP contribution in [-0.2, 0) is 4.79 Å². The Kier molecular flexibility index (Phi) is 8.00. The number of benzene rings is 2. The molecular formula is C30H38N4O3. The van der Waals surface area contributed by atoms with E-state index >= 15 is 0 Å². The molecule has 7 heteroatoms. The van der Waals surface area contributed by atoms with Gasteiger partial charge in [0.05, 0.1) is 12.6 Å². The standard InChI is InChI=1S/C30H38N4O3/c1-21(20-30(2,3)4)18-28(35)31-22-10-12-23(13-11-22)33-14-16-34(17-15-33)29(36)26-19-27(37-5)24-8-6-7-9-25(24)32-26/h6-13,19,21H,14-18,20H2,1-5H3,(H,31,35). The van der Waals surface area contributed by atoms with Crippen LogP contribution in [-0.4, -0.2) is 55.0 Å². The number of ether oxygens (including phenoxy) is 1. The van der Waals surface area contributed by atoms with Crippen molar-refractivity contribution >= 4 is 34.1 Å². The molecule has 0 saturated carbocycles. The molecule has 4 rings (SSSR count). The molecule has 0 aliphatic carbocycles. The van der Waals surface area contributed by atoms with Crippen molar-refractivity contribution in [1.29, 1.82) is 0 Å². The number of hydrogen-bond acceptors (Lipinski definition) is 5. The van der Waals surface area contributed by atoms with Crippen LogP contribution in [0.1, 0.15) is 51.0 Å². The van der Waals surface area contributed by atoms with Crippen molar-refractivity contribution in [1.82, 2.24) is 9.88 Å². The van der Waals surface area contributed by atoms with Crippen molar-refractivity contribution < 1.29 is 14.3 Å². The van der Waals surface area contributed by atoms with E-state index in [9.17, 15) is 9.59 Å². The van der Waals surface area contributed by atoms with E-state index in [2.05, 4.69) is 42.9 Å². The van der Waals surface area contributed by atoms with Gasteiger partial charge < -0.3 is 19.9 Å². The molecule has 2 amide bonds. The molecule has 1 unspecified atom stereocenters. The van der Waals surface area contributed by atoms with Crippen molar-refractivity contribution in [3.63, 3.8) is 0 Å². The number of para-hydroxylation sites is 1. The summed E-state index contributed by atoms with van der Waals surface area (Å²) < 4.78 is 5.51. The average Bonchev–Trinajstić information content (AvgIpc) is 2.87. The highest BCUT2D eigenvalue weighted by molar-refractivity contribution is 5.97. The fraction of sp³-hybridized carbons (Fsp3) is 0.433. The lowest BCUT2D eigenvalue weighted by Gasteiger charge is -2.36. The van der Waals surface area contributed by atoms with E-state index in [4.69, 9.17) is 4.74 Å². The van der Waals surface area contributed by atoms with Gasteiger partial charge in [0.2, 0.25) is 5.91 Å². The van der Waals surface area contributed by atoms with Gasteiger partial charge in [0.15, 0.2) is 0 Å². The van der Waals surface area contributed by atoms with E-state index in [-0.39, 0.29) is 17.2 Å². The van der Waals surface area contributed by atoms with Crippen LogP contribution in [0, 0.1) is 11.3 Å². The second-order valence-electron chi connectivity index (χ2n) is 11.2. The molecule has 1 fully saturated rings. The minimum absolute atomic E-state index is 0.0514. The first-order valence-corrected chi connectivity index (χ1v) is 13.0. The first kappa shape index (κ1) is 26.5. The van der Waals surface area contributed by atoms with Crippen LogP contribution in [0.4, 0.5) is 11.4 Å². The maximum Gasteiger partial charge on any atom is 0.272 e. The van der Waals surface area contributed by atoms with Crippen LogP contribution in [0.15, 0.2) is 54.6 Å². The third-order valence-corrected chi connectivity index (χ3v) is 6.70. The van der Waals surface area contributed by atoms with Crippen molar-refractivity contribution in [3.05, 3.63) is 60.3 Å². The van der Waals surface area contributed by atoms with E-state index < -0.39 is 0 Å². The minimum Gasteiger partial charge on any atom is -0.496 e. The maximum atomic E-state index is 13.2. The van der Waals surface area contributed by atoms with E-state index in [1.165, 1.54) is 0 Å². The summed E-state index contributed by atoms with van der Waals surface area (Å²) in [5.41, 5.74) is 3.26. The van der Waals surface area contributed by atoms with Gasteiger partial charge in [0.1, 0.15) is 11.4 Å². The molecule has 0 bridgehead atoms. The zero-order chi connectivity index (χ0) is 26.6. The van der Waals surface area contributed by atoms with Gasteiger partial charge in [-0.25, -0.2) is 4.98 Å². The number of pyridine rings is 1. The molecular weight excluding hydrogens is 464 g/mol. The molecule has 7 nitrogen and oxygen atoms in total. The molecule has 2 heterocycles. The van der Waals surface area contributed by atoms with Crippen molar-refractivity contribution in [2.45, 2.75) is 40.5 Å². The number of anilines is 2. The molecule has 1 N–H and O–H groups in total. The van der Waals surface area contributed by atoms with Gasteiger partial charge in [-0.2, -0.15) is 0 Å². The van der Waals surface area contributed by atoms with Crippen LogP contribution >= 0.6 is 0 Å². The van der Waals surface area contributed by atoms with Gasteiger partial charge in [-0.15, -0.1) is 0 Å². The topological polar surface area (TPSA) is 74.8 Å². The number of amides is 2. The molecule has 1 atom stereocenters. The molecule has 1 saturated heterocycles. The highest BCUT2D eigenvalue weighted by atomic mass is 16.5. The minimum atomic E-state index is -0.0811. The summed E-state index contributed by atoms with van der Waals surface area (Å²) in [6.07, 6.45) is 1.53. The van der Waals surface area contributed by atoms with E-state index in [0.29, 0.717) is 36.9 Å². The Labute approximate surface area is 219 Å². The Morgan fingerprint density at radius 3 is 2.35 bits per heavy atom. The van der Waals surface area contributed by atoms with Crippen LogP contribution in [0.3, 0.4) is 0 Å². The summed E-state index contributed by atoms with van der Waals surface area (Å²) >= 11 is 0. The lowest BCUT2D eigenvalue weighted by molar-refractivity contribution is -0.117. The Balaban J connectivity index is 1.32. The molecule has 3 aromatic rings. The number of rotatable bonds is 7. The summed E-state index contributed by atoms with van der Waals surface area (Å²) in [5, 5.41) is 3.92. The first-order chi connectivity index (χ1) is 17.6. The summed E-state index contributed by atoms with van der Waals surface area (Å²) in [6.45, 7) is 11.4. The number of hydrogen-bond donors (Lipinski definition) is 1. The molecule has 37 heavy (non-hydrogen) atoms. The van der Waals surface area contributed by atoms with Crippen LogP contribution in [0.25, 0.3) is 10.9 Å². The summed E-state index contributed by atoms with van der Waals surface area (Å²) in [7, 11) is 1.61. The number of nitrogens with zero attached hydrogens (tertiary/aromatic N) is 3. The third-order valence-electron chi connectivity index (χ3n) is 6.70. The second kappa shape index (κ2) is 11.2. The SMILES string of the molecule is COc1cc(C(=O)N2CCN(c3ccc(NC(=O)CC(C)CC(C)(C)C)cc3)CC2)nc2ccccc12. The van der Waals surface area contributed by atoms with E-state index in [0.717, 1.165) is 41.8 Å². The Morgan fingerprint density at radius 2 is 1.70 bits per heavy atom. The van der Waals surface area contributed by atoms with Gasteiger partial charge in [-0.3, -0.25) is 9.59 Å². The van der Waals surface area contributed by atoms with Gasteiger partial charge in [-0.1, -0.05) is 39.8 Å². The average molecular weight is 503 g/mol. The number of carbonyl (C=O) groups excluding carboxylic acids is 2. The largest absolute Gasteiger partial charge is 0.496 e. The second-order valence-corrected chi connectivity index (χ2v) is 11.2. The lowest BCUT2D eigenvalue weighted by atomic mass is 9.84. The number of methoxy groups -OCH3 is 1. The van der Waals surface area contributed by atoms with Gasteiger partial charge >= 0.3 is 0 Å². The molecule has 196 valence electrons. The lowest BCUT2D eigenvalue weighted by Crippen LogP contribution is -2.49. The third kappa shape index (κ3) is 6.79. The number of carbonyl (C=O) groups is 2. The number of piperazine rings is 1. The van der Waals surface area contributed by atoms with Crippen LogP contribution in [0.2, 0.25) is 0 Å². The summed E-state index contributed by atoms with van der Waals surface area (Å²) in [5.74, 6) is 0.964. The van der Waals surface area contributed by atoms with Crippen molar-refractivity contribution in [2.24, 2.45) is 11.3 Å². The highest BCUT2D eigenvalue weighted by Crippen LogP contribution is 2.28. The number of nitrogens with one attached hydrogen (secondary N) is 1. The molecule has 0 radical (unpaired) electrons.